The lowest BCUT2D eigenvalue weighted by atomic mass is 9.85. The molecular formula is C15H20N2O. The van der Waals surface area contributed by atoms with Crippen molar-refractivity contribution in [1.82, 2.24) is 10.8 Å². The van der Waals surface area contributed by atoms with Gasteiger partial charge < -0.3 is 5.32 Å². The van der Waals surface area contributed by atoms with Gasteiger partial charge in [-0.05, 0) is 18.4 Å². The van der Waals surface area contributed by atoms with Gasteiger partial charge in [-0.3, -0.25) is 4.84 Å². The topological polar surface area (TPSA) is 33.3 Å². The molecule has 0 radical (unpaired) electrons. The molecule has 2 heterocycles. The Kier molecular flexibility index (Phi) is 3.74. The van der Waals surface area contributed by atoms with Crippen LogP contribution in [-0.2, 0) is 4.84 Å². The van der Waals surface area contributed by atoms with Crippen molar-refractivity contribution < 1.29 is 4.84 Å². The smallest absolute Gasteiger partial charge is 0.0818 e. The standard InChI is InChI=1S/C15H20N2O/c1-2-5-12(6-3-1)14-7-4-9-16-15(14)11-13-8-10-17-18-13/h1-7,13-17H,8-11H2. The first kappa shape index (κ1) is 11.9. The molecule has 18 heavy (non-hydrogen) atoms. The molecule has 0 bridgehead atoms. The van der Waals surface area contributed by atoms with Crippen LogP contribution in [-0.4, -0.2) is 25.2 Å². The number of benzene rings is 1. The van der Waals surface area contributed by atoms with Crippen LogP contribution in [0.2, 0.25) is 0 Å². The van der Waals surface area contributed by atoms with Crippen LogP contribution in [0.15, 0.2) is 42.5 Å². The molecule has 3 heteroatoms. The summed E-state index contributed by atoms with van der Waals surface area (Å²) in [7, 11) is 0. The summed E-state index contributed by atoms with van der Waals surface area (Å²) < 4.78 is 0. The van der Waals surface area contributed by atoms with E-state index < -0.39 is 0 Å². The maximum Gasteiger partial charge on any atom is 0.0818 e. The van der Waals surface area contributed by atoms with E-state index >= 15 is 0 Å². The molecule has 3 rings (SSSR count). The van der Waals surface area contributed by atoms with Gasteiger partial charge >= 0.3 is 0 Å². The Morgan fingerprint density at radius 1 is 1.22 bits per heavy atom. The molecule has 0 aliphatic carbocycles. The minimum atomic E-state index is 0.347. The molecule has 3 unspecified atom stereocenters. The number of hydrogen-bond acceptors (Lipinski definition) is 3. The summed E-state index contributed by atoms with van der Waals surface area (Å²) in [5.74, 6) is 0.462. The maximum absolute atomic E-state index is 5.53. The summed E-state index contributed by atoms with van der Waals surface area (Å²) in [6.45, 7) is 1.94. The van der Waals surface area contributed by atoms with Gasteiger partial charge in [0.25, 0.3) is 0 Å². The zero-order chi connectivity index (χ0) is 12.2. The highest BCUT2D eigenvalue weighted by molar-refractivity contribution is 5.27. The fraction of sp³-hybridized carbons (Fsp3) is 0.467. The van der Waals surface area contributed by atoms with E-state index in [-0.39, 0.29) is 0 Å². The second-order valence-electron chi connectivity index (χ2n) is 5.04. The van der Waals surface area contributed by atoms with Gasteiger partial charge in [0.2, 0.25) is 0 Å². The first-order valence-electron chi connectivity index (χ1n) is 6.77. The van der Waals surface area contributed by atoms with Crippen LogP contribution in [0.4, 0.5) is 0 Å². The molecule has 1 aromatic rings. The second kappa shape index (κ2) is 5.65. The number of hydrogen-bond donors (Lipinski definition) is 2. The molecule has 0 amide bonds. The van der Waals surface area contributed by atoms with E-state index in [1.54, 1.807) is 0 Å². The Balaban J connectivity index is 1.73. The van der Waals surface area contributed by atoms with Crippen molar-refractivity contribution in [2.24, 2.45) is 0 Å². The summed E-state index contributed by atoms with van der Waals surface area (Å²) >= 11 is 0. The first-order valence-corrected chi connectivity index (χ1v) is 6.77. The third-order valence-electron chi connectivity index (χ3n) is 3.79. The summed E-state index contributed by atoms with van der Waals surface area (Å²) in [6, 6.07) is 11.2. The lowest BCUT2D eigenvalue weighted by Crippen LogP contribution is -2.40. The van der Waals surface area contributed by atoms with Crippen LogP contribution >= 0.6 is 0 Å². The Morgan fingerprint density at radius 3 is 2.89 bits per heavy atom. The zero-order valence-electron chi connectivity index (χ0n) is 10.5. The molecule has 1 saturated heterocycles. The van der Waals surface area contributed by atoms with Crippen molar-refractivity contribution in [3.05, 3.63) is 48.0 Å². The molecule has 1 aromatic carbocycles. The Bertz CT molecular complexity index is 398. The molecule has 2 aliphatic heterocycles. The minimum absolute atomic E-state index is 0.347. The van der Waals surface area contributed by atoms with Gasteiger partial charge in [0.15, 0.2) is 0 Å². The van der Waals surface area contributed by atoms with E-state index in [0.29, 0.717) is 18.1 Å². The van der Waals surface area contributed by atoms with Gasteiger partial charge in [-0.2, -0.15) is 0 Å². The summed E-state index contributed by atoms with van der Waals surface area (Å²) in [4.78, 5) is 5.53. The molecule has 96 valence electrons. The van der Waals surface area contributed by atoms with Crippen LogP contribution in [0, 0.1) is 0 Å². The van der Waals surface area contributed by atoms with Crippen LogP contribution < -0.4 is 10.8 Å². The Hall–Kier alpha value is -1.16. The van der Waals surface area contributed by atoms with Crippen molar-refractivity contribution in [1.29, 1.82) is 0 Å². The normalized spacial score (nSPS) is 31.7. The molecule has 0 saturated carbocycles. The van der Waals surface area contributed by atoms with Gasteiger partial charge in [0.1, 0.15) is 0 Å². The van der Waals surface area contributed by atoms with Crippen molar-refractivity contribution in [2.75, 3.05) is 13.1 Å². The van der Waals surface area contributed by atoms with E-state index in [0.717, 1.165) is 25.9 Å². The van der Waals surface area contributed by atoms with E-state index in [2.05, 4.69) is 53.3 Å². The third-order valence-corrected chi connectivity index (χ3v) is 3.79. The van der Waals surface area contributed by atoms with Crippen molar-refractivity contribution >= 4 is 0 Å². The van der Waals surface area contributed by atoms with Crippen LogP contribution in [0.25, 0.3) is 0 Å². The molecule has 0 spiro atoms. The minimum Gasteiger partial charge on any atom is -0.310 e. The van der Waals surface area contributed by atoms with Crippen molar-refractivity contribution in [3.8, 4) is 0 Å². The SMILES string of the molecule is C1=CC(c2ccccc2)C(CC2CCNO2)NC1. The summed E-state index contributed by atoms with van der Waals surface area (Å²) in [6.07, 6.45) is 7.08. The molecule has 2 aliphatic rings. The van der Waals surface area contributed by atoms with Crippen molar-refractivity contribution in [2.45, 2.75) is 30.9 Å². The fourth-order valence-corrected chi connectivity index (χ4v) is 2.85. The predicted octanol–water partition coefficient (Wildman–Crippen LogP) is 1.98. The average Bonchev–Trinajstić information content (AvgIpc) is 2.93. The van der Waals surface area contributed by atoms with Gasteiger partial charge in [-0.1, -0.05) is 42.5 Å². The van der Waals surface area contributed by atoms with Gasteiger partial charge in [0, 0.05) is 25.0 Å². The van der Waals surface area contributed by atoms with Gasteiger partial charge in [-0.25, -0.2) is 5.48 Å². The van der Waals surface area contributed by atoms with Gasteiger partial charge in [-0.15, -0.1) is 0 Å². The Morgan fingerprint density at radius 2 is 2.11 bits per heavy atom. The van der Waals surface area contributed by atoms with E-state index in [1.807, 2.05) is 0 Å². The fourth-order valence-electron chi connectivity index (χ4n) is 2.85. The summed E-state index contributed by atoms with van der Waals surface area (Å²) in [5.41, 5.74) is 4.36. The van der Waals surface area contributed by atoms with Crippen LogP contribution in [0.3, 0.4) is 0 Å². The lowest BCUT2D eigenvalue weighted by Gasteiger charge is -2.30. The van der Waals surface area contributed by atoms with Crippen LogP contribution in [0.1, 0.15) is 24.3 Å². The molecular weight excluding hydrogens is 224 g/mol. The zero-order valence-corrected chi connectivity index (χ0v) is 10.5. The number of rotatable bonds is 3. The van der Waals surface area contributed by atoms with Gasteiger partial charge in [0.05, 0.1) is 6.10 Å². The van der Waals surface area contributed by atoms with E-state index in [9.17, 15) is 0 Å². The monoisotopic (exact) mass is 244 g/mol. The molecule has 1 fully saturated rings. The predicted molar refractivity (Wildman–Crippen MR) is 72.2 cm³/mol. The molecule has 2 N–H and O–H groups in total. The van der Waals surface area contributed by atoms with E-state index in [4.69, 9.17) is 4.84 Å². The summed E-state index contributed by atoms with van der Waals surface area (Å²) in [5, 5.41) is 3.60. The second-order valence-corrected chi connectivity index (χ2v) is 5.04. The largest absolute Gasteiger partial charge is 0.310 e. The Labute approximate surface area is 108 Å². The van der Waals surface area contributed by atoms with Crippen LogP contribution in [0.5, 0.6) is 0 Å². The lowest BCUT2D eigenvalue weighted by molar-refractivity contribution is 0.0231. The number of hydroxylamine groups is 1. The quantitative estimate of drug-likeness (QED) is 0.798. The molecule has 3 nitrogen and oxygen atoms in total. The van der Waals surface area contributed by atoms with Crippen molar-refractivity contribution in [3.63, 3.8) is 0 Å². The highest BCUT2D eigenvalue weighted by Crippen LogP contribution is 2.27. The highest BCUT2D eigenvalue weighted by Gasteiger charge is 2.27. The molecule has 3 atom stereocenters. The number of nitrogens with one attached hydrogen (secondary N) is 2. The van der Waals surface area contributed by atoms with E-state index in [1.165, 1.54) is 5.56 Å². The maximum atomic E-state index is 5.53. The highest BCUT2D eigenvalue weighted by atomic mass is 16.7. The average molecular weight is 244 g/mol. The third kappa shape index (κ3) is 2.64. The molecule has 0 aromatic heterocycles. The first-order chi connectivity index (χ1) is 8.93.